The van der Waals surface area contributed by atoms with Crippen molar-refractivity contribution in [2.75, 3.05) is 34.3 Å². The molecule has 4 nitrogen and oxygen atoms in total. The zero-order chi connectivity index (χ0) is 11.3. The molecule has 1 heterocycles. The predicted molar refractivity (Wildman–Crippen MR) is 59.9 cm³/mol. The lowest BCUT2D eigenvalue weighted by atomic mass is 10.1. The Morgan fingerprint density at radius 2 is 2.07 bits per heavy atom. The first kappa shape index (κ1) is 12.3. The second kappa shape index (κ2) is 5.95. The molecule has 0 aromatic rings. The van der Waals surface area contributed by atoms with E-state index in [4.69, 9.17) is 4.74 Å². The van der Waals surface area contributed by atoms with Gasteiger partial charge in [0.1, 0.15) is 0 Å². The third kappa shape index (κ3) is 4.08. The molecule has 2 amide bonds. The third-order valence-electron chi connectivity index (χ3n) is 2.77. The van der Waals surface area contributed by atoms with Gasteiger partial charge in [-0.05, 0) is 25.7 Å². The monoisotopic (exact) mass is 214 g/mol. The molecule has 1 fully saturated rings. The first-order valence-corrected chi connectivity index (χ1v) is 5.65. The summed E-state index contributed by atoms with van der Waals surface area (Å²) in [6.45, 7) is 1.66. The summed E-state index contributed by atoms with van der Waals surface area (Å²) in [4.78, 5) is 14.9. The minimum Gasteiger partial charge on any atom is -0.378 e. The zero-order valence-electron chi connectivity index (χ0n) is 10.0. The fourth-order valence-electron chi connectivity index (χ4n) is 1.81. The van der Waals surface area contributed by atoms with Gasteiger partial charge >= 0.3 is 6.03 Å². The van der Waals surface area contributed by atoms with E-state index in [2.05, 4.69) is 0 Å². The van der Waals surface area contributed by atoms with Crippen LogP contribution in [-0.4, -0.2) is 56.2 Å². The summed E-state index contributed by atoms with van der Waals surface area (Å²) in [7, 11) is 5.39. The van der Waals surface area contributed by atoms with Gasteiger partial charge in [-0.2, -0.15) is 0 Å². The smallest absolute Gasteiger partial charge is 0.319 e. The molecule has 1 rings (SSSR count). The van der Waals surface area contributed by atoms with Crippen LogP contribution in [0, 0.1) is 0 Å². The summed E-state index contributed by atoms with van der Waals surface area (Å²) < 4.78 is 5.62. The maximum atomic E-state index is 11.5. The molecule has 0 bridgehead atoms. The average Bonchev–Trinajstić information content (AvgIpc) is 2.26. The normalized spacial score (nSPS) is 21.1. The van der Waals surface area contributed by atoms with E-state index in [0.717, 1.165) is 26.0 Å². The summed E-state index contributed by atoms with van der Waals surface area (Å²) in [5.41, 5.74) is 0. The molecular formula is C11H22N2O2. The van der Waals surface area contributed by atoms with E-state index in [1.54, 1.807) is 23.9 Å². The molecule has 0 spiro atoms. The number of rotatable bonds is 3. The summed E-state index contributed by atoms with van der Waals surface area (Å²) >= 11 is 0. The van der Waals surface area contributed by atoms with Crippen LogP contribution in [0.3, 0.4) is 0 Å². The van der Waals surface area contributed by atoms with Crippen molar-refractivity contribution in [1.29, 1.82) is 0 Å². The summed E-state index contributed by atoms with van der Waals surface area (Å²) in [6.07, 6.45) is 4.90. The molecule has 0 saturated carbocycles. The van der Waals surface area contributed by atoms with Crippen LogP contribution >= 0.6 is 0 Å². The molecule has 0 aliphatic carbocycles. The van der Waals surface area contributed by atoms with E-state index in [9.17, 15) is 4.79 Å². The van der Waals surface area contributed by atoms with E-state index in [1.165, 1.54) is 12.8 Å². The molecule has 1 unspecified atom stereocenters. The van der Waals surface area contributed by atoms with Crippen LogP contribution in [0.2, 0.25) is 0 Å². The Kier molecular flexibility index (Phi) is 4.88. The van der Waals surface area contributed by atoms with Gasteiger partial charge in [-0.15, -0.1) is 0 Å². The quantitative estimate of drug-likeness (QED) is 0.714. The fourth-order valence-corrected chi connectivity index (χ4v) is 1.81. The minimum atomic E-state index is 0.0609. The highest BCUT2D eigenvalue weighted by Crippen LogP contribution is 2.15. The summed E-state index contributed by atoms with van der Waals surface area (Å²) in [5.74, 6) is 0. The highest BCUT2D eigenvalue weighted by molar-refractivity contribution is 5.73. The predicted octanol–water partition coefficient (Wildman–Crippen LogP) is 1.56. The fraction of sp³-hybridized carbons (Fsp3) is 0.909. The van der Waals surface area contributed by atoms with Crippen LogP contribution in [0.4, 0.5) is 4.79 Å². The van der Waals surface area contributed by atoms with Crippen molar-refractivity contribution >= 4 is 6.03 Å². The van der Waals surface area contributed by atoms with Gasteiger partial charge in [0.2, 0.25) is 0 Å². The number of carbonyl (C=O) groups is 1. The van der Waals surface area contributed by atoms with Crippen LogP contribution in [0.1, 0.15) is 25.7 Å². The second-order valence-corrected chi connectivity index (χ2v) is 4.38. The minimum absolute atomic E-state index is 0.0609. The number of urea groups is 1. The van der Waals surface area contributed by atoms with Crippen molar-refractivity contribution in [2.24, 2.45) is 0 Å². The maximum absolute atomic E-state index is 11.5. The second-order valence-electron chi connectivity index (χ2n) is 4.38. The Morgan fingerprint density at radius 1 is 1.33 bits per heavy atom. The van der Waals surface area contributed by atoms with Crippen molar-refractivity contribution in [3.05, 3.63) is 0 Å². The first-order valence-electron chi connectivity index (χ1n) is 5.65. The van der Waals surface area contributed by atoms with Gasteiger partial charge in [-0.3, -0.25) is 0 Å². The van der Waals surface area contributed by atoms with Gasteiger partial charge in [0, 0.05) is 34.3 Å². The molecule has 0 N–H and O–H groups in total. The van der Waals surface area contributed by atoms with Gasteiger partial charge in [0.05, 0.1) is 6.10 Å². The molecular weight excluding hydrogens is 192 g/mol. The van der Waals surface area contributed by atoms with E-state index in [0.29, 0.717) is 6.10 Å². The van der Waals surface area contributed by atoms with Crippen molar-refractivity contribution in [3.63, 3.8) is 0 Å². The molecule has 88 valence electrons. The highest BCUT2D eigenvalue weighted by Gasteiger charge is 2.16. The summed E-state index contributed by atoms with van der Waals surface area (Å²) in [6, 6.07) is 0.0609. The van der Waals surface area contributed by atoms with Crippen LogP contribution in [0.15, 0.2) is 0 Å². The number of carbonyl (C=O) groups excluding carboxylic acids is 1. The van der Waals surface area contributed by atoms with Gasteiger partial charge in [-0.1, -0.05) is 0 Å². The molecule has 1 atom stereocenters. The van der Waals surface area contributed by atoms with Gasteiger partial charge < -0.3 is 14.5 Å². The van der Waals surface area contributed by atoms with Gasteiger partial charge in [-0.25, -0.2) is 4.79 Å². The van der Waals surface area contributed by atoms with Crippen molar-refractivity contribution < 1.29 is 9.53 Å². The first-order chi connectivity index (χ1) is 7.11. The number of hydrogen-bond acceptors (Lipinski definition) is 2. The maximum Gasteiger partial charge on any atom is 0.319 e. The third-order valence-corrected chi connectivity index (χ3v) is 2.77. The number of ether oxygens (including phenoxy) is 1. The SMILES string of the molecule is CN(C)C(=O)N(C)CCC1CCCCO1. The zero-order valence-corrected chi connectivity index (χ0v) is 10.0. The van der Waals surface area contributed by atoms with Crippen LogP contribution in [0.25, 0.3) is 0 Å². The van der Waals surface area contributed by atoms with Gasteiger partial charge in [0.25, 0.3) is 0 Å². The van der Waals surface area contributed by atoms with E-state index in [1.807, 2.05) is 7.05 Å². The van der Waals surface area contributed by atoms with Gasteiger partial charge in [0.15, 0.2) is 0 Å². The van der Waals surface area contributed by atoms with Crippen molar-refractivity contribution in [1.82, 2.24) is 9.80 Å². The molecule has 1 aliphatic heterocycles. The lowest BCUT2D eigenvalue weighted by molar-refractivity contribution is 0.00787. The topological polar surface area (TPSA) is 32.8 Å². The van der Waals surface area contributed by atoms with Crippen LogP contribution in [-0.2, 0) is 4.74 Å². The van der Waals surface area contributed by atoms with Crippen molar-refractivity contribution in [3.8, 4) is 0 Å². The Morgan fingerprint density at radius 3 is 2.60 bits per heavy atom. The van der Waals surface area contributed by atoms with Crippen LogP contribution in [0.5, 0.6) is 0 Å². The van der Waals surface area contributed by atoms with Crippen molar-refractivity contribution in [2.45, 2.75) is 31.8 Å². The number of amides is 2. The molecule has 1 aliphatic rings. The van der Waals surface area contributed by atoms with Crippen LogP contribution < -0.4 is 0 Å². The number of hydrogen-bond donors (Lipinski definition) is 0. The largest absolute Gasteiger partial charge is 0.378 e. The Hall–Kier alpha value is -0.770. The molecule has 1 saturated heterocycles. The van der Waals surface area contributed by atoms with E-state index >= 15 is 0 Å². The molecule has 4 heteroatoms. The lowest BCUT2D eigenvalue weighted by Gasteiger charge is -2.26. The number of nitrogens with zero attached hydrogens (tertiary/aromatic N) is 2. The Balaban J connectivity index is 2.20. The standard InChI is InChI=1S/C11H22N2O2/c1-12(2)11(14)13(3)8-7-10-6-4-5-9-15-10/h10H,4-9H2,1-3H3. The lowest BCUT2D eigenvalue weighted by Crippen LogP contribution is -2.38. The van der Waals surface area contributed by atoms with E-state index < -0.39 is 0 Å². The highest BCUT2D eigenvalue weighted by atomic mass is 16.5. The Labute approximate surface area is 92.2 Å². The Bertz CT molecular complexity index is 201. The summed E-state index contributed by atoms with van der Waals surface area (Å²) in [5, 5.41) is 0. The molecule has 0 radical (unpaired) electrons. The molecule has 0 aromatic carbocycles. The van der Waals surface area contributed by atoms with E-state index in [-0.39, 0.29) is 6.03 Å². The molecule has 15 heavy (non-hydrogen) atoms. The molecule has 0 aromatic heterocycles. The average molecular weight is 214 g/mol.